The number of aliphatic hydroxyl groups is 1. The van der Waals surface area contributed by atoms with Crippen LogP contribution in [-0.2, 0) is 19.1 Å². The summed E-state index contributed by atoms with van der Waals surface area (Å²) < 4.78 is 25.9. The Kier molecular flexibility index (Phi) is 4.64. The quantitative estimate of drug-likeness (QED) is 0.500. The molecule has 6 heteroatoms. The number of hydrogen-bond acceptors (Lipinski definition) is 5. The highest BCUT2D eigenvalue weighted by Gasteiger charge is 2.19. The molecule has 0 aromatic carbocycles. The van der Waals surface area contributed by atoms with Gasteiger partial charge in [0.15, 0.2) is 0 Å². The third-order valence-corrected chi connectivity index (χ3v) is 2.45. The van der Waals surface area contributed by atoms with E-state index >= 15 is 0 Å². The van der Waals surface area contributed by atoms with Crippen LogP contribution in [0.4, 0.5) is 0 Å². The van der Waals surface area contributed by atoms with Gasteiger partial charge in [-0.2, -0.15) is 8.42 Å². The largest absolute Gasteiger partial charge is 0.392 e. The van der Waals surface area contributed by atoms with Crippen LogP contribution in [0.3, 0.4) is 0 Å². The molecule has 1 N–H and O–H groups in total. The normalized spacial score (nSPS) is 13.4. The average molecular weight is 208 g/mol. The highest BCUT2D eigenvalue weighted by molar-refractivity contribution is 7.87. The summed E-state index contributed by atoms with van der Waals surface area (Å²) in [6.45, 7) is 4.66. The van der Waals surface area contributed by atoms with Crippen molar-refractivity contribution < 1.29 is 22.5 Å². The Bertz CT molecular complexity index is 279. The monoisotopic (exact) mass is 208 g/mol. The molecule has 0 saturated carbocycles. The summed E-state index contributed by atoms with van der Waals surface area (Å²) >= 11 is 0. The second kappa shape index (κ2) is 4.98. The zero-order valence-electron chi connectivity index (χ0n) is 7.26. The lowest BCUT2D eigenvalue weighted by atomic mass is 10.3. The van der Waals surface area contributed by atoms with Crippen LogP contribution in [0.2, 0.25) is 0 Å². The SMILES string of the molecule is C=CC(=O)OS(=O)(=O)CC(O)CC. The summed E-state index contributed by atoms with van der Waals surface area (Å²) in [7, 11) is -3.98. The minimum Gasteiger partial charge on any atom is -0.392 e. The van der Waals surface area contributed by atoms with E-state index in [1.54, 1.807) is 6.92 Å². The van der Waals surface area contributed by atoms with E-state index in [-0.39, 0.29) is 6.42 Å². The lowest BCUT2D eigenvalue weighted by Crippen LogP contribution is -2.23. The van der Waals surface area contributed by atoms with E-state index < -0.39 is 27.9 Å². The molecule has 0 amide bonds. The van der Waals surface area contributed by atoms with Gasteiger partial charge in [-0.1, -0.05) is 13.5 Å². The molecule has 0 heterocycles. The van der Waals surface area contributed by atoms with Gasteiger partial charge in [0, 0.05) is 6.08 Å². The Hall–Kier alpha value is -0.880. The molecule has 76 valence electrons. The van der Waals surface area contributed by atoms with Gasteiger partial charge in [0.25, 0.3) is 0 Å². The Morgan fingerprint density at radius 1 is 1.69 bits per heavy atom. The standard InChI is InChI=1S/C7H12O5S/c1-3-6(8)5-13(10,11)12-7(9)4-2/h4,6,8H,2-3,5H2,1H3. The highest BCUT2D eigenvalue weighted by atomic mass is 32.2. The molecule has 0 aromatic rings. The van der Waals surface area contributed by atoms with E-state index in [1.807, 2.05) is 0 Å². The maximum absolute atomic E-state index is 10.9. The fraction of sp³-hybridized carbons (Fsp3) is 0.571. The molecule has 0 spiro atoms. The van der Waals surface area contributed by atoms with Gasteiger partial charge in [-0.05, 0) is 6.42 Å². The minimum absolute atomic E-state index is 0.283. The summed E-state index contributed by atoms with van der Waals surface area (Å²) in [5.41, 5.74) is 0. The molecule has 0 rings (SSSR count). The molecule has 0 bridgehead atoms. The predicted octanol–water partition coefficient (Wildman–Crippen LogP) is -0.184. The first-order chi connectivity index (χ1) is 5.91. The summed E-state index contributed by atoms with van der Waals surface area (Å²) in [5, 5.41) is 8.98. The first kappa shape index (κ1) is 12.1. The summed E-state index contributed by atoms with van der Waals surface area (Å²) in [4.78, 5) is 10.5. The van der Waals surface area contributed by atoms with Gasteiger partial charge in [-0.3, -0.25) is 0 Å². The van der Waals surface area contributed by atoms with Crippen LogP contribution < -0.4 is 0 Å². The summed E-state index contributed by atoms with van der Waals surface area (Å²) in [6, 6.07) is 0. The molecule has 13 heavy (non-hydrogen) atoms. The van der Waals surface area contributed by atoms with Gasteiger partial charge in [-0.25, -0.2) is 4.79 Å². The average Bonchev–Trinajstić information content (AvgIpc) is 2.02. The van der Waals surface area contributed by atoms with E-state index in [0.29, 0.717) is 0 Å². The molecule has 0 fully saturated rings. The van der Waals surface area contributed by atoms with Gasteiger partial charge in [0.2, 0.25) is 0 Å². The van der Waals surface area contributed by atoms with Crippen molar-refractivity contribution in [3.8, 4) is 0 Å². The fourth-order valence-electron chi connectivity index (χ4n) is 0.547. The lowest BCUT2D eigenvalue weighted by Gasteiger charge is -2.07. The first-order valence-electron chi connectivity index (χ1n) is 3.68. The van der Waals surface area contributed by atoms with Crippen molar-refractivity contribution in [1.29, 1.82) is 0 Å². The van der Waals surface area contributed by atoms with Gasteiger partial charge >= 0.3 is 16.1 Å². The molecule has 0 radical (unpaired) electrons. The van der Waals surface area contributed by atoms with Crippen LogP contribution in [0, 0.1) is 0 Å². The van der Waals surface area contributed by atoms with Crippen LogP contribution in [0.15, 0.2) is 12.7 Å². The molecule has 0 aliphatic carbocycles. The maximum Gasteiger partial charge on any atom is 0.345 e. The predicted molar refractivity (Wildman–Crippen MR) is 46.4 cm³/mol. The van der Waals surface area contributed by atoms with Crippen LogP contribution in [0.5, 0.6) is 0 Å². The van der Waals surface area contributed by atoms with E-state index in [0.717, 1.165) is 6.08 Å². The second-order valence-electron chi connectivity index (χ2n) is 2.39. The molecule has 0 aromatic heterocycles. The van der Waals surface area contributed by atoms with E-state index in [2.05, 4.69) is 10.8 Å². The van der Waals surface area contributed by atoms with Crippen molar-refractivity contribution in [2.45, 2.75) is 19.4 Å². The van der Waals surface area contributed by atoms with Crippen LogP contribution in [0.1, 0.15) is 13.3 Å². The maximum atomic E-state index is 10.9. The van der Waals surface area contributed by atoms with Crippen molar-refractivity contribution in [3.05, 3.63) is 12.7 Å². The number of rotatable bonds is 5. The number of carbonyl (C=O) groups is 1. The van der Waals surface area contributed by atoms with Gasteiger partial charge < -0.3 is 9.29 Å². The number of hydrogen-bond donors (Lipinski definition) is 1. The second-order valence-corrected chi connectivity index (χ2v) is 4.01. The minimum atomic E-state index is -3.98. The fourth-order valence-corrected chi connectivity index (χ4v) is 1.64. The van der Waals surface area contributed by atoms with Crippen molar-refractivity contribution >= 4 is 16.1 Å². The van der Waals surface area contributed by atoms with Crippen molar-refractivity contribution in [2.24, 2.45) is 0 Å². The third-order valence-electron chi connectivity index (χ3n) is 1.24. The lowest BCUT2D eigenvalue weighted by molar-refractivity contribution is -0.128. The Morgan fingerprint density at radius 3 is 2.62 bits per heavy atom. The topological polar surface area (TPSA) is 80.7 Å². The third kappa shape index (κ3) is 5.37. The number of aliphatic hydroxyl groups excluding tert-OH is 1. The van der Waals surface area contributed by atoms with Gasteiger partial charge in [-0.15, -0.1) is 0 Å². The smallest absolute Gasteiger partial charge is 0.345 e. The first-order valence-corrected chi connectivity index (χ1v) is 5.25. The van der Waals surface area contributed by atoms with Gasteiger partial charge in [0.1, 0.15) is 5.75 Å². The highest BCUT2D eigenvalue weighted by Crippen LogP contribution is 2.00. The molecule has 0 aliphatic heterocycles. The van der Waals surface area contributed by atoms with Crippen molar-refractivity contribution in [1.82, 2.24) is 0 Å². The van der Waals surface area contributed by atoms with E-state index in [9.17, 15) is 13.2 Å². The Labute approximate surface area is 77.1 Å². The van der Waals surface area contributed by atoms with E-state index in [4.69, 9.17) is 5.11 Å². The molecular formula is C7H12O5S. The van der Waals surface area contributed by atoms with Crippen LogP contribution in [-0.4, -0.2) is 31.4 Å². The van der Waals surface area contributed by atoms with Crippen LogP contribution >= 0.6 is 0 Å². The zero-order chi connectivity index (χ0) is 10.5. The van der Waals surface area contributed by atoms with Gasteiger partial charge in [0.05, 0.1) is 6.10 Å². The molecule has 1 unspecified atom stereocenters. The van der Waals surface area contributed by atoms with E-state index in [1.165, 1.54) is 0 Å². The zero-order valence-corrected chi connectivity index (χ0v) is 8.08. The van der Waals surface area contributed by atoms with Crippen molar-refractivity contribution in [3.63, 3.8) is 0 Å². The Balaban J connectivity index is 4.25. The summed E-state index contributed by atoms with van der Waals surface area (Å²) in [5.74, 6) is -1.62. The number of carbonyl (C=O) groups excluding carboxylic acids is 1. The molecule has 0 aliphatic rings. The summed E-state index contributed by atoms with van der Waals surface area (Å²) in [6.07, 6.45) is 0.0171. The van der Waals surface area contributed by atoms with Crippen molar-refractivity contribution in [2.75, 3.05) is 5.75 Å². The molecular weight excluding hydrogens is 196 g/mol. The van der Waals surface area contributed by atoms with Crippen LogP contribution in [0.25, 0.3) is 0 Å². The molecule has 1 atom stereocenters. The Morgan fingerprint density at radius 2 is 2.23 bits per heavy atom. The molecule has 5 nitrogen and oxygen atoms in total. The molecule has 0 saturated heterocycles.